The van der Waals surface area contributed by atoms with Crippen LogP contribution in [0, 0.1) is 33.1 Å². The molecule has 4 nitrogen and oxygen atoms in total. The second-order valence-electron chi connectivity index (χ2n) is 5.61. The summed E-state index contributed by atoms with van der Waals surface area (Å²) in [5.74, 6) is 2.46. The Bertz CT molecular complexity index is 765. The van der Waals surface area contributed by atoms with Crippen LogP contribution < -0.4 is 5.32 Å². The Balaban J connectivity index is 2.16. The van der Waals surface area contributed by atoms with Gasteiger partial charge in [-0.15, -0.1) is 6.42 Å². The number of carbonyl (C=O) groups is 1. The van der Waals surface area contributed by atoms with E-state index in [-0.39, 0.29) is 12.6 Å². The summed E-state index contributed by atoms with van der Waals surface area (Å²) in [6.45, 7) is 6.01. The van der Waals surface area contributed by atoms with E-state index in [0.717, 1.165) is 22.4 Å². The molecule has 0 unspecified atom stereocenters. The second kappa shape index (κ2) is 7.98. The maximum atomic E-state index is 12.5. The number of benzene rings is 2. The highest BCUT2D eigenvalue weighted by molar-refractivity contribution is 5.92. The molecule has 2 rings (SSSR count). The topological polar surface area (TPSA) is 44.7 Å². The molecular weight excluding hydrogens is 298 g/mol. The number of amides is 2. The Morgan fingerprint density at radius 3 is 2.38 bits per heavy atom. The van der Waals surface area contributed by atoms with E-state index >= 15 is 0 Å². The normalized spacial score (nSPS) is 10.4. The number of hydrogen-bond donors (Lipinski definition) is 1. The van der Waals surface area contributed by atoms with Gasteiger partial charge in [-0.1, -0.05) is 53.9 Å². The summed E-state index contributed by atoms with van der Waals surface area (Å²) < 4.78 is 0. The lowest BCUT2D eigenvalue weighted by atomic mass is 10.1. The van der Waals surface area contributed by atoms with Crippen molar-refractivity contribution in [1.29, 1.82) is 0 Å². The summed E-state index contributed by atoms with van der Waals surface area (Å²) in [5.41, 5.74) is 4.84. The van der Waals surface area contributed by atoms with Crippen LogP contribution in [0.4, 0.5) is 10.5 Å². The zero-order chi connectivity index (χ0) is 17.5. The highest BCUT2D eigenvalue weighted by atomic mass is 16.2. The first-order valence-electron chi connectivity index (χ1n) is 7.70. The molecule has 2 amide bonds. The standard InChI is InChI=1S/C20H21N3O/c1-5-13-23(21-14-18-11-9-15(2)10-12-18)20(24)22-19-16(3)7-6-8-17(19)4/h1,6-12,14H,13H2,2-4H3,(H,22,24)/b21-14+. The van der Waals surface area contributed by atoms with Crippen LogP contribution in [0.2, 0.25) is 0 Å². The van der Waals surface area contributed by atoms with Gasteiger partial charge in [0.15, 0.2) is 0 Å². The molecule has 0 bridgehead atoms. The van der Waals surface area contributed by atoms with Crippen molar-refractivity contribution in [2.24, 2.45) is 5.10 Å². The number of para-hydroxylation sites is 1. The van der Waals surface area contributed by atoms with Gasteiger partial charge in [0, 0.05) is 5.69 Å². The number of rotatable bonds is 4. The van der Waals surface area contributed by atoms with Gasteiger partial charge in [0.05, 0.1) is 6.21 Å². The molecule has 0 atom stereocenters. The summed E-state index contributed by atoms with van der Waals surface area (Å²) in [4.78, 5) is 12.5. The van der Waals surface area contributed by atoms with Crippen molar-refractivity contribution < 1.29 is 4.79 Å². The first-order chi connectivity index (χ1) is 11.5. The van der Waals surface area contributed by atoms with Gasteiger partial charge in [-0.2, -0.15) is 5.10 Å². The molecule has 24 heavy (non-hydrogen) atoms. The van der Waals surface area contributed by atoms with Crippen LogP contribution in [0.3, 0.4) is 0 Å². The molecule has 0 saturated carbocycles. The van der Waals surface area contributed by atoms with E-state index in [4.69, 9.17) is 6.42 Å². The van der Waals surface area contributed by atoms with Crippen molar-refractivity contribution in [3.63, 3.8) is 0 Å². The molecule has 2 aromatic rings. The Labute approximate surface area is 143 Å². The highest BCUT2D eigenvalue weighted by Gasteiger charge is 2.13. The minimum atomic E-state index is -0.353. The van der Waals surface area contributed by atoms with Gasteiger partial charge < -0.3 is 5.32 Å². The first kappa shape index (κ1) is 17.3. The van der Waals surface area contributed by atoms with Crippen LogP contribution in [-0.4, -0.2) is 23.8 Å². The van der Waals surface area contributed by atoms with E-state index in [1.54, 1.807) is 6.21 Å². The van der Waals surface area contributed by atoms with Gasteiger partial charge in [-0.25, -0.2) is 9.80 Å². The molecule has 1 N–H and O–H groups in total. The molecule has 0 heterocycles. The molecule has 2 aromatic carbocycles. The predicted octanol–water partition coefficient (Wildman–Crippen LogP) is 4.11. The van der Waals surface area contributed by atoms with Crippen molar-refractivity contribution in [3.05, 3.63) is 64.7 Å². The Hall–Kier alpha value is -3.06. The van der Waals surface area contributed by atoms with Gasteiger partial charge >= 0.3 is 6.03 Å². The summed E-state index contributed by atoms with van der Waals surface area (Å²) in [7, 11) is 0. The van der Waals surface area contributed by atoms with Crippen LogP contribution in [0.15, 0.2) is 47.6 Å². The van der Waals surface area contributed by atoms with Crippen LogP contribution in [-0.2, 0) is 0 Å². The molecule has 4 heteroatoms. The van der Waals surface area contributed by atoms with E-state index in [2.05, 4.69) is 16.3 Å². The maximum absolute atomic E-state index is 12.5. The number of hydrazone groups is 1. The minimum absolute atomic E-state index is 0.0964. The van der Waals surface area contributed by atoms with E-state index in [1.807, 2.05) is 63.2 Å². The molecular formula is C20H21N3O. The number of urea groups is 1. The van der Waals surface area contributed by atoms with Crippen molar-refractivity contribution in [1.82, 2.24) is 5.01 Å². The van der Waals surface area contributed by atoms with Crippen molar-refractivity contribution in [3.8, 4) is 12.3 Å². The van der Waals surface area contributed by atoms with Crippen LogP contribution in [0.5, 0.6) is 0 Å². The number of hydrogen-bond acceptors (Lipinski definition) is 2. The Kier molecular flexibility index (Phi) is 5.75. The van der Waals surface area contributed by atoms with Crippen molar-refractivity contribution in [2.75, 3.05) is 11.9 Å². The average molecular weight is 319 g/mol. The zero-order valence-corrected chi connectivity index (χ0v) is 14.2. The average Bonchev–Trinajstić information content (AvgIpc) is 2.56. The molecule has 0 aliphatic carbocycles. The summed E-state index contributed by atoms with van der Waals surface area (Å²) in [6, 6.07) is 13.4. The summed E-state index contributed by atoms with van der Waals surface area (Å²) in [5, 5.41) is 8.35. The number of nitrogens with one attached hydrogen (secondary N) is 1. The quantitative estimate of drug-likeness (QED) is 0.514. The Morgan fingerprint density at radius 2 is 1.79 bits per heavy atom. The van der Waals surface area contributed by atoms with E-state index in [9.17, 15) is 4.79 Å². The SMILES string of the molecule is C#CCN(/N=C/c1ccc(C)cc1)C(=O)Nc1c(C)cccc1C. The molecule has 0 radical (unpaired) electrons. The number of aryl methyl sites for hydroxylation is 3. The number of carbonyl (C=O) groups excluding carboxylic acids is 1. The first-order valence-corrected chi connectivity index (χ1v) is 7.70. The smallest absolute Gasteiger partial charge is 0.306 e. The second-order valence-corrected chi connectivity index (χ2v) is 5.61. The molecule has 0 aliphatic rings. The van der Waals surface area contributed by atoms with Crippen LogP contribution in [0.1, 0.15) is 22.3 Å². The predicted molar refractivity (Wildman–Crippen MR) is 99.2 cm³/mol. The zero-order valence-electron chi connectivity index (χ0n) is 14.2. The van der Waals surface area contributed by atoms with Gasteiger partial charge in [-0.05, 0) is 37.5 Å². The van der Waals surface area contributed by atoms with Crippen LogP contribution in [0.25, 0.3) is 0 Å². The maximum Gasteiger partial charge on any atom is 0.343 e. The fraction of sp³-hybridized carbons (Fsp3) is 0.200. The fourth-order valence-corrected chi connectivity index (χ4v) is 2.22. The molecule has 0 aliphatic heterocycles. The third kappa shape index (κ3) is 4.47. The van der Waals surface area contributed by atoms with Gasteiger partial charge in [0.1, 0.15) is 6.54 Å². The van der Waals surface area contributed by atoms with Gasteiger partial charge in [-0.3, -0.25) is 0 Å². The highest BCUT2D eigenvalue weighted by Crippen LogP contribution is 2.19. The number of nitrogens with zero attached hydrogens (tertiary/aromatic N) is 2. The van der Waals surface area contributed by atoms with Gasteiger partial charge in [0.2, 0.25) is 0 Å². The summed E-state index contributed by atoms with van der Waals surface area (Å²) >= 11 is 0. The van der Waals surface area contributed by atoms with E-state index < -0.39 is 0 Å². The lowest BCUT2D eigenvalue weighted by Gasteiger charge is -2.17. The molecule has 122 valence electrons. The fourth-order valence-electron chi connectivity index (χ4n) is 2.22. The molecule has 0 saturated heterocycles. The Morgan fingerprint density at radius 1 is 1.17 bits per heavy atom. The molecule has 0 aromatic heterocycles. The monoisotopic (exact) mass is 319 g/mol. The van der Waals surface area contributed by atoms with E-state index in [0.29, 0.717) is 0 Å². The lowest BCUT2D eigenvalue weighted by molar-refractivity contribution is 0.220. The minimum Gasteiger partial charge on any atom is -0.306 e. The summed E-state index contributed by atoms with van der Waals surface area (Å²) in [6.07, 6.45) is 6.99. The lowest BCUT2D eigenvalue weighted by Crippen LogP contribution is -2.31. The molecule has 0 fully saturated rings. The van der Waals surface area contributed by atoms with E-state index in [1.165, 1.54) is 10.6 Å². The van der Waals surface area contributed by atoms with Gasteiger partial charge in [0.25, 0.3) is 0 Å². The number of terminal acetylenes is 1. The molecule has 0 spiro atoms. The third-order valence-corrected chi connectivity index (χ3v) is 3.61. The number of anilines is 1. The van der Waals surface area contributed by atoms with Crippen molar-refractivity contribution in [2.45, 2.75) is 20.8 Å². The largest absolute Gasteiger partial charge is 0.343 e. The van der Waals surface area contributed by atoms with Crippen LogP contribution >= 0.6 is 0 Å². The van der Waals surface area contributed by atoms with Crippen molar-refractivity contribution >= 4 is 17.9 Å². The third-order valence-electron chi connectivity index (χ3n) is 3.61.